The smallest absolute Gasteiger partial charge is 0.267 e. The summed E-state index contributed by atoms with van der Waals surface area (Å²) >= 11 is 0. The van der Waals surface area contributed by atoms with Crippen LogP contribution in [0.25, 0.3) is 11.3 Å². The van der Waals surface area contributed by atoms with E-state index in [4.69, 9.17) is 0 Å². The molecular formula is C28H23N3O4S2. The summed E-state index contributed by atoms with van der Waals surface area (Å²) in [4.78, 5) is -1.97. The van der Waals surface area contributed by atoms with Gasteiger partial charge in [-0.25, -0.2) is 21.1 Å². The number of rotatable bonds is 6. The lowest BCUT2D eigenvalue weighted by atomic mass is 10.1. The van der Waals surface area contributed by atoms with Crippen molar-refractivity contribution in [2.24, 2.45) is 0 Å². The molecule has 1 unspecified atom stereocenters. The third-order valence-electron chi connectivity index (χ3n) is 6.85. The SMILES string of the molecule is O=S(=O)(c1ccccc1)N(c1n[nH]c2c1Cc1ccccc1-2)C1(S(=O)(=O)c2ccccc2)C=CC=CC1. The highest BCUT2D eigenvalue weighted by molar-refractivity contribution is 7.97. The molecule has 37 heavy (non-hydrogen) atoms. The van der Waals surface area contributed by atoms with E-state index in [2.05, 4.69) is 10.2 Å². The number of hydrogen-bond donors (Lipinski definition) is 1. The molecule has 0 saturated carbocycles. The number of nitrogens with one attached hydrogen (secondary N) is 1. The fraction of sp³-hybridized carbons (Fsp3) is 0.107. The molecule has 9 heteroatoms. The van der Waals surface area contributed by atoms with E-state index in [0.717, 1.165) is 15.4 Å². The highest BCUT2D eigenvalue weighted by atomic mass is 32.2. The molecule has 1 heterocycles. The summed E-state index contributed by atoms with van der Waals surface area (Å²) in [5.41, 5.74) is 3.28. The number of anilines is 1. The Bertz CT molecular complexity index is 1760. The van der Waals surface area contributed by atoms with Crippen molar-refractivity contribution in [3.05, 3.63) is 120 Å². The molecule has 1 aromatic heterocycles. The molecule has 2 aliphatic rings. The lowest BCUT2D eigenvalue weighted by molar-refractivity contribution is 0.539. The van der Waals surface area contributed by atoms with Gasteiger partial charge in [0.1, 0.15) is 0 Å². The number of sulfone groups is 1. The van der Waals surface area contributed by atoms with Crippen LogP contribution in [-0.4, -0.2) is 31.9 Å². The van der Waals surface area contributed by atoms with Gasteiger partial charge < -0.3 is 0 Å². The second kappa shape index (κ2) is 8.57. The number of allylic oxidation sites excluding steroid dienone is 2. The summed E-state index contributed by atoms with van der Waals surface area (Å²) in [5.74, 6) is 0.0782. The first kappa shape index (κ1) is 23.4. The molecule has 0 radical (unpaired) electrons. The third-order valence-corrected chi connectivity index (χ3v) is 11.1. The molecule has 3 aromatic carbocycles. The maximum atomic E-state index is 14.4. The monoisotopic (exact) mass is 529 g/mol. The zero-order valence-corrected chi connectivity index (χ0v) is 21.3. The lowest BCUT2D eigenvalue weighted by Crippen LogP contribution is -2.56. The lowest BCUT2D eigenvalue weighted by Gasteiger charge is -2.41. The Hall–Kier alpha value is -3.95. The van der Waals surface area contributed by atoms with Crippen LogP contribution in [0.3, 0.4) is 0 Å². The molecular weight excluding hydrogens is 506 g/mol. The molecule has 0 amide bonds. The zero-order valence-electron chi connectivity index (χ0n) is 19.7. The average Bonchev–Trinajstić information content (AvgIpc) is 3.50. The van der Waals surface area contributed by atoms with E-state index in [9.17, 15) is 16.8 Å². The number of H-pyrrole nitrogens is 1. The minimum atomic E-state index is -4.40. The predicted molar refractivity (Wildman–Crippen MR) is 142 cm³/mol. The minimum absolute atomic E-state index is 0.0205. The molecule has 7 nitrogen and oxygen atoms in total. The molecule has 0 aliphatic heterocycles. The molecule has 0 saturated heterocycles. The number of aromatic nitrogens is 2. The van der Waals surface area contributed by atoms with Crippen molar-refractivity contribution in [1.29, 1.82) is 0 Å². The number of fused-ring (bicyclic) bond motifs is 3. The Morgan fingerprint density at radius 3 is 2.11 bits per heavy atom. The number of aromatic amines is 1. The second-order valence-corrected chi connectivity index (χ2v) is 12.9. The molecule has 2 aliphatic carbocycles. The summed E-state index contributed by atoms with van der Waals surface area (Å²) < 4.78 is 58.7. The van der Waals surface area contributed by atoms with Crippen LogP contribution in [-0.2, 0) is 26.3 Å². The fourth-order valence-corrected chi connectivity index (χ4v) is 9.09. The van der Waals surface area contributed by atoms with E-state index in [1.54, 1.807) is 54.6 Å². The van der Waals surface area contributed by atoms with Crippen LogP contribution >= 0.6 is 0 Å². The maximum absolute atomic E-state index is 14.4. The fourth-order valence-electron chi connectivity index (χ4n) is 5.07. The second-order valence-electron chi connectivity index (χ2n) is 8.97. The quantitative estimate of drug-likeness (QED) is 0.339. The van der Waals surface area contributed by atoms with Crippen LogP contribution in [0.5, 0.6) is 0 Å². The zero-order chi connectivity index (χ0) is 25.7. The summed E-state index contributed by atoms with van der Waals surface area (Å²) in [5, 5.41) is 7.46. The molecule has 1 N–H and O–H groups in total. The number of hydrogen-bond acceptors (Lipinski definition) is 5. The average molecular weight is 530 g/mol. The van der Waals surface area contributed by atoms with Gasteiger partial charge >= 0.3 is 0 Å². The van der Waals surface area contributed by atoms with E-state index >= 15 is 0 Å². The Morgan fingerprint density at radius 1 is 0.784 bits per heavy atom. The van der Waals surface area contributed by atoms with E-state index in [0.29, 0.717) is 17.7 Å². The van der Waals surface area contributed by atoms with Gasteiger partial charge in [-0.1, -0.05) is 78.9 Å². The minimum Gasteiger partial charge on any atom is -0.275 e. The molecule has 0 fully saturated rings. The Balaban J connectivity index is 1.65. The standard InChI is InChI=1S/C28H23N3O4S2/c32-36(33,22-13-4-1-5-14-22)28(18-10-3-11-19-28)31(37(34,35)23-15-6-2-7-16-23)27-25-20-21-12-8-9-17-24(21)26(25)29-30-27/h1-18H,19-20H2,(H,29,30). The van der Waals surface area contributed by atoms with Gasteiger partial charge in [-0.05, 0) is 35.9 Å². The van der Waals surface area contributed by atoms with Crippen molar-refractivity contribution in [3.8, 4) is 11.3 Å². The summed E-state index contributed by atoms with van der Waals surface area (Å²) in [7, 11) is -8.67. The first-order valence-electron chi connectivity index (χ1n) is 11.8. The summed E-state index contributed by atoms with van der Waals surface area (Å²) in [6.45, 7) is 0. The van der Waals surface area contributed by atoms with Crippen LogP contribution in [0.4, 0.5) is 5.82 Å². The van der Waals surface area contributed by atoms with Gasteiger partial charge in [0.15, 0.2) is 10.7 Å². The largest absolute Gasteiger partial charge is 0.275 e. The molecule has 0 spiro atoms. The van der Waals surface area contributed by atoms with Crippen molar-refractivity contribution < 1.29 is 16.8 Å². The van der Waals surface area contributed by atoms with E-state index in [-0.39, 0.29) is 22.0 Å². The summed E-state index contributed by atoms with van der Waals surface area (Å²) in [6, 6.07) is 23.6. The first-order valence-corrected chi connectivity index (χ1v) is 14.7. The van der Waals surface area contributed by atoms with Crippen LogP contribution in [0.1, 0.15) is 17.5 Å². The highest BCUT2D eigenvalue weighted by Gasteiger charge is 2.54. The van der Waals surface area contributed by atoms with Gasteiger partial charge in [-0.2, -0.15) is 5.10 Å². The first-order chi connectivity index (χ1) is 17.9. The van der Waals surface area contributed by atoms with Crippen molar-refractivity contribution in [2.45, 2.75) is 27.5 Å². The number of sulfonamides is 1. The predicted octanol–water partition coefficient (Wildman–Crippen LogP) is 4.86. The molecule has 186 valence electrons. The van der Waals surface area contributed by atoms with Crippen molar-refractivity contribution in [1.82, 2.24) is 10.2 Å². The number of nitrogens with zero attached hydrogens (tertiary/aromatic N) is 2. The van der Waals surface area contributed by atoms with Crippen molar-refractivity contribution in [3.63, 3.8) is 0 Å². The van der Waals surface area contributed by atoms with Gasteiger partial charge in [0.05, 0.1) is 15.5 Å². The highest BCUT2D eigenvalue weighted by Crippen LogP contribution is 2.47. The van der Waals surface area contributed by atoms with E-state index in [1.165, 1.54) is 30.3 Å². The van der Waals surface area contributed by atoms with Crippen LogP contribution in [0.15, 0.2) is 119 Å². The van der Waals surface area contributed by atoms with E-state index in [1.807, 2.05) is 24.3 Å². The van der Waals surface area contributed by atoms with Crippen molar-refractivity contribution >= 4 is 25.7 Å². The van der Waals surface area contributed by atoms with Gasteiger partial charge in [0, 0.05) is 24.0 Å². The maximum Gasteiger partial charge on any atom is 0.267 e. The molecule has 1 atom stereocenters. The van der Waals surface area contributed by atoms with Gasteiger partial charge in [0.2, 0.25) is 9.84 Å². The molecule has 0 bridgehead atoms. The Labute approximate surface area is 215 Å². The topological polar surface area (TPSA) is 100 Å². The Kier molecular flexibility index (Phi) is 5.43. The van der Waals surface area contributed by atoms with Gasteiger partial charge in [-0.15, -0.1) is 0 Å². The normalized spacial score (nSPS) is 18.4. The van der Waals surface area contributed by atoms with Gasteiger partial charge in [0.25, 0.3) is 10.0 Å². The van der Waals surface area contributed by atoms with Gasteiger partial charge in [-0.3, -0.25) is 5.10 Å². The van der Waals surface area contributed by atoms with E-state index < -0.39 is 24.7 Å². The molecule has 4 aromatic rings. The van der Waals surface area contributed by atoms with Crippen LogP contribution in [0.2, 0.25) is 0 Å². The molecule has 6 rings (SSSR count). The number of benzene rings is 3. The third kappa shape index (κ3) is 3.49. The Morgan fingerprint density at radius 2 is 1.43 bits per heavy atom. The van der Waals surface area contributed by atoms with Crippen LogP contribution in [0, 0.1) is 0 Å². The van der Waals surface area contributed by atoms with Crippen LogP contribution < -0.4 is 4.31 Å². The van der Waals surface area contributed by atoms with Crippen molar-refractivity contribution in [2.75, 3.05) is 4.31 Å². The summed E-state index contributed by atoms with van der Waals surface area (Å²) in [6.07, 6.45) is 6.78.